The minimum atomic E-state index is -0.250. The van der Waals surface area contributed by atoms with Crippen molar-refractivity contribution in [2.24, 2.45) is 0 Å². The zero-order chi connectivity index (χ0) is 20.4. The van der Waals surface area contributed by atoms with E-state index >= 15 is 0 Å². The molecule has 0 amide bonds. The molecule has 29 heavy (non-hydrogen) atoms. The Kier molecular flexibility index (Phi) is 5.58. The number of nitrogens with zero attached hydrogens (tertiary/aromatic N) is 1. The van der Waals surface area contributed by atoms with E-state index < -0.39 is 0 Å². The molecule has 1 aromatic heterocycles. The number of aromatic amines is 1. The van der Waals surface area contributed by atoms with Gasteiger partial charge in [-0.3, -0.25) is 0 Å². The summed E-state index contributed by atoms with van der Waals surface area (Å²) in [6, 6.07) is 16.9. The summed E-state index contributed by atoms with van der Waals surface area (Å²) in [5.74, 6) is 0.421. The van der Waals surface area contributed by atoms with Gasteiger partial charge in [0.1, 0.15) is 6.10 Å². The Bertz CT molecular complexity index is 986. The summed E-state index contributed by atoms with van der Waals surface area (Å²) in [6.07, 6.45) is 2.22. The molecule has 0 fully saturated rings. The number of ether oxygens (including phenoxy) is 1. The van der Waals surface area contributed by atoms with Crippen LogP contribution in [0.15, 0.2) is 65.3 Å². The van der Waals surface area contributed by atoms with Crippen LogP contribution in [0.2, 0.25) is 0 Å². The molecule has 1 aliphatic heterocycles. The average molecular weight is 405 g/mol. The molecule has 1 N–H and O–H groups in total. The molecule has 0 saturated carbocycles. The van der Waals surface area contributed by atoms with Gasteiger partial charge in [0.05, 0.1) is 11.4 Å². The van der Waals surface area contributed by atoms with Crippen molar-refractivity contribution in [3.05, 3.63) is 71.3 Å². The van der Waals surface area contributed by atoms with Crippen LogP contribution in [-0.4, -0.2) is 27.8 Å². The Morgan fingerprint density at radius 1 is 1.00 bits per heavy atom. The molecular weight excluding hydrogens is 380 g/mol. The first kappa shape index (κ1) is 19.5. The summed E-state index contributed by atoms with van der Waals surface area (Å²) in [4.78, 5) is 20.0. The predicted octanol–water partition coefficient (Wildman–Crippen LogP) is 5.71. The summed E-state index contributed by atoms with van der Waals surface area (Å²) < 4.78 is 5.43. The Morgan fingerprint density at radius 2 is 1.62 bits per heavy atom. The van der Waals surface area contributed by atoms with Gasteiger partial charge in [-0.05, 0) is 20.8 Å². The van der Waals surface area contributed by atoms with E-state index in [1.54, 1.807) is 17.8 Å². The van der Waals surface area contributed by atoms with Gasteiger partial charge in [0.2, 0.25) is 0 Å². The van der Waals surface area contributed by atoms with Crippen LogP contribution in [0, 0.1) is 13.8 Å². The van der Waals surface area contributed by atoms with E-state index in [4.69, 9.17) is 9.72 Å². The predicted molar refractivity (Wildman–Crippen MR) is 118 cm³/mol. The second kappa shape index (κ2) is 8.29. The highest BCUT2D eigenvalue weighted by atomic mass is 32.2. The largest absolute Gasteiger partial charge is 0.458 e. The molecule has 2 aromatic carbocycles. The SMILES string of the molecule is CC1=CC(=O)OC(CSc2nc(-c3ccc(C)cc3)c(-c3ccc(C)cc3)[nH]2)C1. The molecule has 0 saturated heterocycles. The molecule has 1 atom stereocenters. The number of thioether (sulfide) groups is 1. The number of benzene rings is 2. The molecule has 5 heteroatoms. The number of rotatable bonds is 5. The van der Waals surface area contributed by atoms with Gasteiger partial charge in [0.25, 0.3) is 0 Å². The Labute approximate surface area is 175 Å². The van der Waals surface area contributed by atoms with Gasteiger partial charge in [0, 0.05) is 29.4 Å². The summed E-state index contributed by atoms with van der Waals surface area (Å²) in [6.45, 7) is 6.13. The van der Waals surface area contributed by atoms with Crippen LogP contribution in [0.4, 0.5) is 0 Å². The number of esters is 1. The lowest BCUT2D eigenvalue weighted by Gasteiger charge is -2.20. The number of imidazole rings is 1. The molecule has 148 valence electrons. The fourth-order valence-electron chi connectivity index (χ4n) is 3.39. The van der Waals surface area contributed by atoms with Gasteiger partial charge in [-0.2, -0.15) is 0 Å². The van der Waals surface area contributed by atoms with Crippen molar-refractivity contribution in [1.29, 1.82) is 0 Å². The van der Waals surface area contributed by atoms with Crippen molar-refractivity contribution in [3.63, 3.8) is 0 Å². The normalized spacial score (nSPS) is 16.4. The van der Waals surface area contributed by atoms with Crippen LogP contribution < -0.4 is 0 Å². The molecule has 0 radical (unpaired) electrons. The van der Waals surface area contributed by atoms with E-state index in [2.05, 4.69) is 67.4 Å². The maximum absolute atomic E-state index is 11.6. The highest BCUT2D eigenvalue weighted by molar-refractivity contribution is 7.99. The van der Waals surface area contributed by atoms with E-state index in [1.165, 1.54) is 11.1 Å². The average Bonchev–Trinajstić information content (AvgIpc) is 3.11. The van der Waals surface area contributed by atoms with Crippen LogP contribution in [0.3, 0.4) is 0 Å². The lowest BCUT2D eigenvalue weighted by molar-refractivity contribution is -0.143. The van der Waals surface area contributed by atoms with Crippen LogP contribution in [0.5, 0.6) is 0 Å². The second-order valence-corrected chi connectivity index (χ2v) is 8.57. The summed E-state index contributed by atoms with van der Waals surface area (Å²) in [5.41, 5.74) is 7.64. The Balaban J connectivity index is 1.62. The molecule has 4 nitrogen and oxygen atoms in total. The van der Waals surface area contributed by atoms with Crippen molar-refractivity contribution < 1.29 is 9.53 Å². The molecule has 0 aliphatic carbocycles. The van der Waals surface area contributed by atoms with Crippen molar-refractivity contribution in [1.82, 2.24) is 9.97 Å². The first-order valence-corrected chi connectivity index (χ1v) is 10.7. The fourth-order valence-corrected chi connectivity index (χ4v) is 4.25. The third-order valence-electron chi connectivity index (χ3n) is 4.95. The highest BCUT2D eigenvalue weighted by Crippen LogP contribution is 2.34. The van der Waals surface area contributed by atoms with Crippen molar-refractivity contribution in [3.8, 4) is 22.5 Å². The van der Waals surface area contributed by atoms with Gasteiger partial charge in [-0.15, -0.1) is 0 Å². The number of aryl methyl sites for hydroxylation is 2. The van der Waals surface area contributed by atoms with E-state index in [9.17, 15) is 4.79 Å². The molecule has 4 rings (SSSR count). The maximum Gasteiger partial charge on any atom is 0.331 e. The standard InChI is InChI=1S/C24H24N2O2S/c1-15-4-8-18(9-5-15)22-23(19-10-6-16(2)7-11-19)26-24(25-22)29-14-20-12-17(3)13-21(27)28-20/h4-11,13,20H,12,14H2,1-3H3,(H,25,26). The van der Waals surface area contributed by atoms with Gasteiger partial charge >= 0.3 is 5.97 Å². The van der Waals surface area contributed by atoms with Crippen molar-refractivity contribution in [2.45, 2.75) is 38.5 Å². The zero-order valence-electron chi connectivity index (χ0n) is 16.9. The molecule has 3 aromatic rings. The minimum Gasteiger partial charge on any atom is -0.458 e. The third kappa shape index (κ3) is 4.62. The molecule has 0 bridgehead atoms. The summed E-state index contributed by atoms with van der Waals surface area (Å²) in [5, 5.41) is 0.833. The van der Waals surface area contributed by atoms with E-state index in [0.717, 1.165) is 39.7 Å². The molecular formula is C24H24N2O2S. The smallest absolute Gasteiger partial charge is 0.331 e. The van der Waals surface area contributed by atoms with Gasteiger partial charge in [0.15, 0.2) is 5.16 Å². The maximum atomic E-state index is 11.6. The highest BCUT2D eigenvalue weighted by Gasteiger charge is 2.21. The molecule has 0 spiro atoms. The summed E-state index contributed by atoms with van der Waals surface area (Å²) in [7, 11) is 0. The molecule has 1 aliphatic rings. The van der Waals surface area contributed by atoms with E-state index in [1.807, 2.05) is 6.92 Å². The van der Waals surface area contributed by atoms with Crippen LogP contribution in [-0.2, 0) is 9.53 Å². The zero-order valence-corrected chi connectivity index (χ0v) is 17.7. The monoisotopic (exact) mass is 404 g/mol. The number of H-pyrrole nitrogens is 1. The lowest BCUT2D eigenvalue weighted by Crippen LogP contribution is -2.24. The second-order valence-electron chi connectivity index (χ2n) is 7.56. The quantitative estimate of drug-likeness (QED) is 0.437. The van der Waals surface area contributed by atoms with Gasteiger partial charge < -0.3 is 9.72 Å². The van der Waals surface area contributed by atoms with Crippen LogP contribution >= 0.6 is 11.8 Å². The molecule has 2 heterocycles. The Hall–Kier alpha value is -2.79. The fraction of sp³-hybridized carbons (Fsp3) is 0.250. The first-order chi connectivity index (χ1) is 14.0. The van der Waals surface area contributed by atoms with Gasteiger partial charge in [-0.1, -0.05) is 77.0 Å². The first-order valence-electron chi connectivity index (χ1n) is 9.72. The number of hydrogen-bond donors (Lipinski definition) is 1. The number of carbonyl (C=O) groups excluding carboxylic acids is 1. The van der Waals surface area contributed by atoms with E-state index in [0.29, 0.717) is 5.75 Å². The number of carbonyl (C=O) groups is 1. The van der Waals surface area contributed by atoms with Crippen LogP contribution in [0.25, 0.3) is 22.5 Å². The molecule has 1 unspecified atom stereocenters. The Morgan fingerprint density at radius 3 is 2.24 bits per heavy atom. The van der Waals surface area contributed by atoms with Gasteiger partial charge in [-0.25, -0.2) is 9.78 Å². The number of nitrogens with one attached hydrogen (secondary N) is 1. The topological polar surface area (TPSA) is 55.0 Å². The lowest BCUT2D eigenvalue weighted by atomic mass is 10.0. The summed E-state index contributed by atoms with van der Waals surface area (Å²) >= 11 is 1.59. The third-order valence-corrected chi connectivity index (χ3v) is 5.96. The minimum absolute atomic E-state index is 0.117. The number of cyclic esters (lactones) is 1. The van der Waals surface area contributed by atoms with Crippen molar-refractivity contribution >= 4 is 17.7 Å². The van der Waals surface area contributed by atoms with Crippen LogP contribution in [0.1, 0.15) is 24.5 Å². The number of aromatic nitrogens is 2. The number of hydrogen-bond acceptors (Lipinski definition) is 4. The van der Waals surface area contributed by atoms with E-state index in [-0.39, 0.29) is 12.1 Å². The van der Waals surface area contributed by atoms with Crippen molar-refractivity contribution in [2.75, 3.05) is 5.75 Å².